The summed E-state index contributed by atoms with van der Waals surface area (Å²) in [6.45, 7) is 4.53. The maximum atomic E-state index is 10.5. The highest BCUT2D eigenvalue weighted by atomic mass is 16.5. The highest BCUT2D eigenvalue weighted by Crippen LogP contribution is 2.38. The third kappa shape index (κ3) is 5.43. The average Bonchev–Trinajstić information content (AvgIpc) is 2.42. The van der Waals surface area contributed by atoms with Gasteiger partial charge in [-0.3, -0.25) is 0 Å². The van der Waals surface area contributed by atoms with Gasteiger partial charge in [0.25, 0.3) is 0 Å². The van der Waals surface area contributed by atoms with Crippen molar-refractivity contribution in [2.24, 2.45) is 5.92 Å². The Morgan fingerprint density at radius 3 is 2.53 bits per heavy atom. The first kappa shape index (κ1) is 17.0. The molecule has 1 rings (SSSR count). The summed E-state index contributed by atoms with van der Waals surface area (Å²) < 4.78 is 5.76. The molecule has 0 bridgehead atoms. The van der Waals surface area contributed by atoms with Crippen LogP contribution in [0.25, 0.3) is 0 Å². The summed E-state index contributed by atoms with van der Waals surface area (Å²) >= 11 is 0. The van der Waals surface area contributed by atoms with Crippen molar-refractivity contribution in [1.29, 1.82) is 0 Å². The predicted molar refractivity (Wildman–Crippen MR) is 81.4 cm³/mol. The van der Waals surface area contributed by atoms with E-state index >= 15 is 0 Å². The fraction of sp³-hybridized carbons (Fsp3) is 1.00. The molecule has 1 aliphatic rings. The van der Waals surface area contributed by atoms with Crippen molar-refractivity contribution in [3.05, 3.63) is 0 Å². The molecular weight excluding hydrogens is 236 g/mol. The normalized spacial score (nSPS) is 29.4. The van der Waals surface area contributed by atoms with Gasteiger partial charge >= 0.3 is 0 Å². The van der Waals surface area contributed by atoms with Gasteiger partial charge in [-0.2, -0.15) is 0 Å². The monoisotopic (exact) mass is 270 g/mol. The van der Waals surface area contributed by atoms with E-state index in [0.29, 0.717) is 5.92 Å². The smallest absolute Gasteiger partial charge is 0.0938 e. The Kier molecular flexibility index (Phi) is 8.01. The molecular formula is C17H34O2. The van der Waals surface area contributed by atoms with Crippen LogP contribution < -0.4 is 0 Å². The number of rotatable bonds is 9. The van der Waals surface area contributed by atoms with E-state index in [-0.39, 0.29) is 11.7 Å². The van der Waals surface area contributed by atoms with Gasteiger partial charge < -0.3 is 9.84 Å². The molecule has 2 heteroatoms. The summed E-state index contributed by atoms with van der Waals surface area (Å²) in [6, 6.07) is 0. The number of ether oxygens (including phenoxy) is 1. The Morgan fingerprint density at radius 1 is 1.21 bits per heavy atom. The first-order valence-electron chi connectivity index (χ1n) is 8.38. The van der Waals surface area contributed by atoms with Crippen molar-refractivity contribution < 1.29 is 9.84 Å². The fourth-order valence-corrected chi connectivity index (χ4v) is 3.55. The number of hydrogen-bond donors (Lipinski definition) is 1. The van der Waals surface area contributed by atoms with Crippen LogP contribution in [0.3, 0.4) is 0 Å². The third-order valence-corrected chi connectivity index (χ3v) is 4.84. The highest BCUT2D eigenvalue weighted by molar-refractivity contribution is 4.92. The van der Waals surface area contributed by atoms with Crippen LogP contribution in [0.1, 0.15) is 84.5 Å². The molecule has 3 unspecified atom stereocenters. The largest absolute Gasteiger partial charge is 0.390 e. The summed E-state index contributed by atoms with van der Waals surface area (Å²) in [6.07, 6.45) is 12.9. The first-order chi connectivity index (χ1) is 9.14. The Balaban J connectivity index is 2.27. The van der Waals surface area contributed by atoms with Gasteiger partial charge in [-0.25, -0.2) is 0 Å². The standard InChI is InChI=1S/C17H34O2/c1-4-5-6-7-8-9-12-16(18)17(19-3)13-10-11-15(2)14-17/h15-16,18H,4-14H2,1-3H3. The molecule has 1 aliphatic carbocycles. The number of unbranched alkanes of at least 4 members (excludes halogenated alkanes) is 5. The van der Waals surface area contributed by atoms with Gasteiger partial charge in [0.15, 0.2) is 0 Å². The van der Waals surface area contributed by atoms with E-state index < -0.39 is 0 Å². The Labute approximate surface area is 119 Å². The van der Waals surface area contributed by atoms with Gasteiger partial charge in [0.2, 0.25) is 0 Å². The van der Waals surface area contributed by atoms with Crippen LogP contribution in [0.2, 0.25) is 0 Å². The zero-order valence-corrected chi connectivity index (χ0v) is 13.3. The van der Waals surface area contributed by atoms with Gasteiger partial charge in [-0.15, -0.1) is 0 Å². The molecule has 114 valence electrons. The van der Waals surface area contributed by atoms with Crippen LogP contribution in [0.15, 0.2) is 0 Å². The molecule has 0 amide bonds. The molecule has 0 aromatic rings. The van der Waals surface area contributed by atoms with E-state index in [4.69, 9.17) is 4.74 Å². The summed E-state index contributed by atoms with van der Waals surface area (Å²) in [5.41, 5.74) is -0.249. The fourth-order valence-electron chi connectivity index (χ4n) is 3.55. The molecule has 1 N–H and O–H groups in total. The lowest BCUT2D eigenvalue weighted by Crippen LogP contribution is -2.47. The van der Waals surface area contributed by atoms with Crippen LogP contribution >= 0.6 is 0 Å². The van der Waals surface area contributed by atoms with Crippen molar-refractivity contribution in [1.82, 2.24) is 0 Å². The molecule has 1 fully saturated rings. The summed E-state index contributed by atoms with van der Waals surface area (Å²) in [5, 5.41) is 10.5. The van der Waals surface area contributed by atoms with Crippen molar-refractivity contribution in [3.63, 3.8) is 0 Å². The second-order valence-electron chi connectivity index (χ2n) is 6.54. The predicted octanol–water partition coefficient (Wildman–Crippen LogP) is 4.69. The van der Waals surface area contributed by atoms with Crippen LogP contribution in [0.5, 0.6) is 0 Å². The SMILES string of the molecule is CCCCCCCCC(O)C1(OC)CCCC(C)C1. The van der Waals surface area contributed by atoms with Crippen molar-refractivity contribution in [3.8, 4) is 0 Å². The minimum Gasteiger partial charge on any atom is -0.390 e. The maximum absolute atomic E-state index is 10.5. The molecule has 0 aromatic heterocycles. The third-order valence-electron chi connectivity index (χ3n) is 4.84. The lowest BCUT2D eigenvalue weighted by molar-refractivity contribution is -0.134. The molecule has 0 heterocycles. The van der Waals surface area contributed by atoms with Crippen LogP contribution in [-0.4, -0.2) is 23.9 Å². The Hall–Kier alpha value is -0.0800. The van der Waals surface area contributed by atoms with Gasteiger partial charge in [-0.05, 0) is 25.2 Å². The van der Waals surface area contributed by atoms with E-state index in [0.717, 1.165) is 25.7 Å². The van der Waals surface area contributed by atoms with Crippen molar-refractivity contribution >= 4 is 0 Å². The average molecular weight is 270 g/mol. The maximum Gasteiger partial charge on any atom is 0.0938 e. The molecule has 0 aromatic carbocycles. The minimum atomic E-state index is -0.272. The van der Waals surface area contributed by atoms with Crippen molar-refractivity contribution in [2.45, 2.75) is 96.2 Å². The van der Waals surface area contributed by atoms with Crippen LogP contribution in [0, 0.1) is 5.92 Å². The number of hydrogen-bond acceptors (Lipinski definition) is 2. The van der Waals surface area contributed by atoms with Gasteiger partial charge in [0.05, 0.1) is 11.7 Å². The molecule has 3 atom stereocenters. The van der Waals surface area contributed by atoms with Gasteiger partial charge in [0, 0.05) is 7.11 Å². The molecule has 0 saturated heterocycles. The quantitative estimate of drug-likeness (QED) is 0.616. The Bertz CT molecular complexity index is 229. The molecule has 0 spiro atoms. The van der Waals surface area contributed by atoms with E-state index in [1.54, 1.807) is 7.11 Å². The summed E-state index contributed by atoms with van der Waals surface area (Å²) in [7, 11) is 1.78. The lowest BCUT2D eigenvalue weighted by atomic mass is 9.74. The molecule has 2 nitrogen and oxygen atoms in total. The summed E-state index contributed by atoms with van der Waals surface area (Å²) in [4.78, 5) is 0. The van der Waals surface area contributed by atoms with E-state index in [1.807, 2.05) is 0 Å². The zero-order chi connectivity index (χ0) is 14.1. The first-order valence-corrected chi connectivity index (χ1v) is 8.38. The second-order valence-corrected chi connectivity index (χ2v) is 6.54. The molecule has 0 radical (unpaired) electrons. The number of aliphatic hydroxyl groups excluding tert-OH is 1. The van der Waals surface area contributed by atoms with Crippen molar-refractivity contribution in [2.75, 3.05) is 7.11 Å². The minimum absolute atomic E-state index is 0.249. The van der Waals surface area contributed by atoms with Crippen LogP contribution in [-0.2, 0) is 4.74 Å². The van der Waals surface area contributed by atoms with Crippen LogP contribution in [0.4, 0.5) is 0 Å². The molecule has 0 aliphatic heterocycles. The number of aliphatic hydroxyl groups is 1. The highest BCUT2D eigenvalue weighted by Gasteiger charge is 2.40. The van der Waals surface area contributed by atoms with E-state index in [9.17, 15) is 5.11 Å². The topological polar surface area (TPSA) is 29.5 Å². The Morgan fingerprint density at radius 2 is 1.89 bits per heavy atom. The molecule has 19 heavy (non-hydrogen) atoms. The lowest BCUT2D eigenvalue weighted by Gasteiger charge is -2.42. The van der Waals surface area contributed by atoms with E-state index in [1.165, 1.54) is 44.9 Å². The number of methoxy groups -OCH3 is 1. The van der Waals surface area contributed by atoms with E-state index in [2.05, 4.69) is 13.8 Å². The van der Waals surface area contributed by atoms with Gasteiger partial charge in [-0.1, -0.05) is 65.2 Å². The zero-order valence-electron chi connectivity index (χ0n) is 13.3. The summed E-state index contributed by atoms with van der Waals surface area (Å²) in [5.74, 6) is 0.688. The second kappa shape index (κ2) is 8.97. The molecule has 1 saturated carbocycles. The van der Waals surface area contributed by atoms with Gasteiger partial charge in [0.1, 0.15) is 0 Å².